The van der Waals surface area contributed by atoms with Crippen LogP contribution in [0.1, 0.15) is 63.0 Å². The molecule has 1 saturated carbocycles. The smallest absolute Gasteiger partial charge is 0.336 e. The minimum absolute atomic E-state index is 0.00255. The average Bonchev–Trinajstić information content (AvgIpc) is 2.81. The lowest BCUT2D eigenvalue weighted by Crippen LogP contribution is -2.54. The Morgan fingerprint density at radius 1 is 1.26 bits per heavy atom. The summed E-state index contributed by atoms with van der Waals surface area (Å²) < 4.78 is 11.2. The highest BCUT2D eigenvalue weighted by Crippen LogP contribution is 2.39. The van der Waals surface area contributed by atoms with E-state index in [0.717, 1.165) is 43.2 Å². The predicted molar refractivity (Wildman–Crippen MR) is 132 cm³/mol. The number of rotatable bonds is 8. The molecule has 2 fully saturated rings. The van der Waals surface area contributed by atoms with Crippen LogP contribution in [0.3, 0.4) is 0 Å². The number of aryl methyl sites for hydroxylation is 2. The molecule has 2 atom stereocenters. The number of carbonyl (C=O) groups excluding carboxylic acids is 2. The number of benzene rings is 1. The van der Waals surface area contributed by atoms with Crippen LogP contribution in [0.5, 0.6) is 5.75 Å². The number of carbonyl (C=O) groups is 2. The summed E-state index contributed by atoms with van der Waals surface area (Å²) in [6.07, 6.45) is 6.37. The first-order valence-corrected chi connectivity index (χ1v) is 12.8. The first kappa shape index (κ1) is 25.2. The van der Waals surface area contributed by atoms with Crippen molar-refractivity contribution in [3.8, 4) is 5.75 Å². The number of hydrogen-bond acceptors (Lipinski definition) is 6. The number of aliphatic hydroxyl groups is 1. The maximum absolute atomic E-state index is 12.7. The molecule has 2 aromatic rings. The molecule has 8 nitrogen and oxygen atoms in total. The van der Waals surface area contributed by atoms with E-state index >= 15 is 0 Å². The number of nitrogens with zero attached hydrogens (tertiary/aromatic N) is 1. The number of amides is 2. The van der Waals surface area contributed by atoms with Gasteiger partial charge in [-0.3, -0.25) is 9.59 Å². The molecule has 8 heteroatoms. The third-order valence-corrected chi connectivity index (χ3v) is 7.35. The summed E-state index contributed by atoms with van der Waals surface area (Å²) in [6.45, 7) is 5.11. The van der Waals surface area contributed by atoms with Crippen LogP contribution in [0.15, 0.2) is 27.4 Å². The van der Waals surface area contributed by atoms with E-state index in [4.69, 9.17) is 9.15 Å². The Bertz CT molecular complexity index is 1140. The van der Waals surface area contributed by atoms with Gasteiger partial charge in [0.25, 0.3) is 5.91 Å². The topological polar surface area (TPSA) is 109 Å². The molecule has 4 rings (SSSR count). The summed E-state index contributed by atoms with van der Waals surface area (Å²) >= 11 is 0. The summed E-state index contributed by atoms with van der Waals surface area (Å²) in [5, 5.41) is 14.3. The first-order chi connectivity index (χ1) is 16.8. The first-order valence-electron chi connectivity index (χ1n) is 12.8. The van der Waals surface area contributed by atoms with Crippen molar-refractivity contribution in [1.29, 1.82) is 0 Å². The Balaban J connectivity index is 1.30. The third-order valence-electron chi connectivity index (χ3n) is 7.35. The normalized spacial score (nSPS) is 22.0. The second-order valence-corrected chi connectivity index (χ2v) is 10.0. The van der Waals surface area contributed by atoms with Crippen LogP contribution in [-0.2, 0) is 16.0 Å². The molecule has 2 amide bonds. The van der Waals surface area contributed by atoms with Gasteiger partial charge in [-0.1, -0.05) is 26.2 Å². The zero-order chi connectivity index (χ0) is 25.0. The van der Waals surface area contributed by atoms with Gasteiger partial charge < -0.3 is 24.5 Å². The van der Waals surface area contributed by atoms with E-state index in [-0.39, 0.29) is 37.3 Å². The van der Waals surface area contributed by atoms with Crippen LogP contribution in [-0.4, -0.2) is 53.7 Å². The number of piperidine rings is 1. The zero-order valence-electron chi connectivity index (χ0n) is 20.7. The van der Waals surface area contributed by atoms with Crippen LogP contribution in [0, 0.1) is 12.8 Å². The van der Waals surface area contributed by atoms with Gasteiger partial charge in [-0.25, -0.2) is 4.79 Å². The van der Waals surface area contributed by atoms with E-state index in [1.54, 1.807) is 6.07 Å². The zero-order valence-corrected chi connectivity index (χ0v) is 20.7. The lowest BCUT2D eigenvalue weighted by molar-refractivity contribution is -0.143. The monoisotopic (exact) mass is 484 g/mol. The Kier molecular flexibility index (Phi) is 7.79. The highest BCUT2D eigenvalue weighted by Gasteiger charge is 2.43. The number of hydrogen-bond donors (Lipinski definition) is 2. The molecule has 2 unspecified atom stereocenters. The summed E-state index contributed by atoms with van der Waals surface area (Å²) in [6, 6.07) is 5.11. The molecule has 0 radical (unpaired) electrons. The van der Waals surface area contributed by atoms with Crippen molar-refractivity contribution in [3.05, 3.63) is 39.7 Å². The van der Waals surface area contributed by atoms with Crippen molar-refractivity contribution < 1.29 is 23.8 Å². The van der Waals surface area contributed by atoms with Gasteiger partial charge in [0.1, 0.15) is 11.3 Å². The van der Waals surface area contributed by atoms with Crippen molar-refractivity contribution >= 4 is 22.8 Å². The molecular weight excluding hydrogens is 448 g/mol. The minimum atomic E-state index is -0.611. The molecule has 1 aromatic heterocycles. The predicted octanol–water partition coefficient (Wildman–Crippen LogP) is 3.09. The quantitative estimate of drug-likeness (QED) is 0.558. The van der Waals surface area contributed by atoms with Crippen LogP contribution >= 0.6 is 0 Å². The van der Waals surface area contributed by atoms with Crippen LogP contribution < -0.4 is 15.7 Å². The molecule has 35 heavy (non-hydrogen) atoms. The maximum Gasteiger partial charge on any atom is 0.336 e. The van der Waals surface area contributed by atoms with Crippen LogP contribution in [0.2, 0.25) is 0 Å². The molecule has 2 heterocycles. The largest absolute Gasteiger partial charge is 0.483 e. The van der Waals surface area contributed by atoms with Crippen LogP contribution in [0.25, 0.3) is 11.0 Å². The average molecular weight is 485 g/mol. The van der Waals surface area contributed by atoms with Gasteiger partial charge in [0.05, 0.1) is 11.0 Å². The van der Waals surface area contributed by atoms with Gasteiger partial charge in [-0.15, -0.1) is 0 Å². The highest BCUT2D eigenvalue weighted by atomic mass is 16.5. The Hall–Kier alpha value is -2.87. The fraction of sp³-hybridized carbons (Fsp3) is 0.593. The number of ether oxygens (including phenoxy) is 1. The Morgan fingerprint density at radius 2 is 2.09 bits per heavy atom. The molecule has 1 saturated heterocycles. The molecular formula is C27H36N2O6. The molecule has 0 spiro atoms. The van der Waals surface area contributed by atoms with E-state index in [2.05, 4.69) is 5.32 Å². The minimum Gasteiger partial charge on any atom is -0.483 e. The molecule has 1 aliphatic heterocycles. The third kappa shape index (κ3) is 5.86. The van der Waals surface area contributed by atoms with Crippen LogP contribution in [0.4, 0.5) is 0 Å². The fourth-order valence-corrected chi connectivity index (χ4v) is 5.51. The summed E-state index contributed by atoms with van der Waals surface area (Å²) in [5.74, 6) is 0.347. The SMILES string of the molecule is CCCc1cc(=O)oc2cc(C)cc(OCC(=O)NCCC(=O)N3CCC4(O)CCCCC4C3)c12. The lowest BCUT2D eigenvalue weighted by Gasteiger charge is -2.47. The van der Waals surface area contributed by atoms with Crippen molar-refractivity contribution in [2.45, 2.75) is 70.8 Å². The molecule has 0 bridgehead atoms. The van der Waals surface area contributed by atoms with Crippen molar-refractivity contribution in [3.63, 3.8) is 0 Å². The van der Waals surface area contributed by atoms with Gasteiger partial charge >= 0.3 is 5.63 Å². The molecule has 190 valence electrons. The summed E-state index contributed by atoms with van der Waals surface area (Å²) in [5.41, 5.74) is 1.14. The number of nitrogens with one attached hydrogen (secondary N) is 1. The standard InChI is InChI=1S/C27H36N2O6/c1-3-6-19-15-25(32)35-22-14-18(2)13-21(26(19)22)34-17-23(30)28-11-8-24(31)29-12-10-27(33)9-5-4-7-20(27)16-29/h13-15,20,33H,3-12,16-17H2,1-2H3,(H,28,30). The van der Waals surface area contributed by atoms with E-state index in [0.29, 0.717) is 42.6 Å². The molecule has 2 aliphatic rings. The summed E-state index contributed by atoms with van der Waals surface area (Å²) in [7, 11) is 0. The van der Waals surface area contributed by atoms with E-state index in [1.807, 2.05) is 24.8 Å². The van der Waals surface area contributed by atoms with E-state index in [9.17, 15) is 19.5 Å². The fourth-order valence-electron chi connectivity index (χ4n) is 5.51. The Morgan fingerprint density at radius 3 is 2.89 bits per heavy atom. The number of fused-ring (bicyclic) bond motifs is 2. The number of likely N-dealkylation sites (tertiary alicyclic amines) is 1. The van der Waals surface area contributed by atoms with Crippen molar-refractivity contribution in [1.82, 2.24) is 10.2 Å². The molecule has 1 aromatic carbocycles. The van der Waals surface area contributed by atoms with Gasteiger partial charge in [0.15, 0.2) is 6.61 Å². The molecule has 1 aliphatic carbocycles. The maximum atomic E-state index is 12.7. The van der Waals surface area contributed by atoms with Crippen molar-refractivity contribution in [2.75, 3.05) is 26.2 Å². The van der Waals surface area contributed by atoms with Gasteiger partial charge in [0, 0.05) is 38.0 Å². The van der Waals surface area contributed by atoms with Gasteiger partial charge in [0.2, 0.25) is 5.91 Å². The summed E-state index contributed by atoms with van der Waals surface area (Å²) in [4.78, 5) is 38.9. The second kappa shape index (κ2) is 10.8. The second-order valence-electron chi connectivity index (χ2n) is 10.0. The van der Waals surface area contributed by atoms with Gasteiger partial charge in [-0.2, -0.15) is 0 Å². The van der Waals surface area contributed by atoms with E-state index < -0.39 is 11.2 Å². The highest BCUT2D eigenvalue weighted by molar-refractivity contribution is 5.88. The Labute approximate surface area is 205 Å². The molecule has 2 N–H and O–H groups in total. The van der Waals surface area contributed by atoms with Gasteiger partial charge in [-0.05, 0) is 55.9 Å². The van der Waals surface area contributed by atoms with E-state index in [1.165, 1.54) is 6.07 Å². The van der Waals surface area contributed by atoms with Crippen molar-refractivity contribution in [2.24, 2.45) is 5.92 Å². The lowest BCUT2D eigenvalue weighted by atomic mass is 9.71.